The highest BCUT2D eigenvalue weighted by molar-refractivity contribution is 6.37. The van der Waals surface area contributed by atoms with Crippen LogP contribution in [-0.2, 0) is 6.54 Å². The SMILES string of the molecule is O=C(c1ccc(Cl)cc1Cl)C(C=NCc1ccccc1)[N+](=O)[O-]. The van der Waals surface area contributed by atoms with Crippen LogP contribution < -0.4 is 0 Å². The maximum atomic E-state index is 12.3. The summed E-state index contributed by atoms with van der Waals surface area (Å²) < 4.78 is 0. The molecule has 2 rings (SSSR count). The van der Waals surface area contributed by atoms with Gasteiger partial charge in [0.15, 0.2) is 0 Å². The number of hydrogen-bond acceptors (Lipinski definition) is 4. The number of rotatable bonds is 6. The monoisotopic (exact) mass is 350 g/mol. The van der Waals surface area contributed by atoms with E-state index in [2.05, 4.69) is 4.99 Å². The van der Waals surface area contributed by atoms with Crippen LogP contribution in [-0.4, -0.2) is 23.0 Å². The van der Waals surface area contributed by atoms with Gasteiger partial charge < -0.3 is 0 Å². The predicted octanol–water partition coefficient (Wildman–Crippen LogP) is 4.09. The van der Waals surface area contributed by atoms with E-state index in [1.54, 1.807) is 0 Å². The second-order valence-corrected chi connectivity index (χ2v) is 5.54. The van der Waals surface area contributed by atoms with Crippen molar-refractivity contribution in [1.82, 2.24) is 0 Å². The fraction of sp³-hybridized carbons (Fsp3) is 0.125. The topological polar surface area (TPSA) is 72.6 Å². The van der Waals surface area contributed by atoms with Crippen LogP contribution in [0.5, 0.6) is 0 Å². The molecule has 118 valence electrons. The molecule has 0 N–H and O–H groups in total. The third-order valence-corrected chi connectivity index (χ3v) is 3.60. The molecule has 0 amide bonds. The highest BCUT2D eigenvalue weighted by Gasteiger charge is 2.30. The summed E-state index contributed by atoms with van der Waals surface area (Å²) in [5.74, 6) is -0.728. The molecule has 0 aliphatic heterocycles. The number of aliphatic imine (C=N–C) groups is 1. The van der Waals surface area contributed by atoms with Crippen molar-refractivity contribution in [3.05, 3.63) is 79.8 Å². The lowest BCUT2D eigenvalue weighted by Crippen LogP contribution is -2.31. The first-order chi connectivity index (χ1) is 11.0. The molecule has 0 saturated heterocycles. The first-order valence-corrected chi connectivity index (χ1v) is 7.41. The van der Waals surface area contributed by atoms with Gasteiger partial charge in [0, 0.05) is 15.5 Å². The molecule has 0 aliphatic rings. The molecule has 0 aliphatic carbocycles. The molecule has 0 saturated carbocycles. The number of hydrogen-bond donors (Lipinski definition) is 0. The zero-order valence-corrected chi connectivity index (χ0v) is 13.4. The summed E-state index contributed by atoms with van der Waals surface area (Å²) in [6, 6.07) is 11.8. The predicted molar refractivity (Wildman–Crippen MR) is 90.2 cm³/mol. The Morgan fingerprint density at radius 2 is 1.91 bits per heavy atom. The average Bonchev–Trinajstić information content (AvgIpc) is 2.51. The van der Waals surface area contributed by atoms with Gasteiger partial charge in [-0.25, -0.2) is 0 Å². The minimum Gasteiger partial charge on any atom is -0.286 e. The third-order valence-electron chi connectivity index (χ3n) is 3.06. The standard InChI is InChI=1S/C16H12Cl2N2O3/c17-12-6-7-13(14(18)8-12)16(21)15(20(22)23)10-19-9-11-4-2-1-3-5-11/h1-8,10,15H,9H2. The van der Waals surface area contributed by atoms with Crippen LogP contribution in [0.4, 0.5) is 0 Å². The van der Waals surface area contributed by atoms with E-state index in [0.717, 1.165) is 11.8 Å². The van der Waals surface area contributed by atoms with Gasteiger partial charge in [0.1, 0.15) is 0 Å². The molecule has 0 fully saturated rings. The quantitative estimate of drug-likeness (QED) is 0.341. The van der Waals surface area contributed by atoms with Gasteiger partial charge in [-0.05, 0) is 23.8 Å². The minimum atomic E-state index is -1.59. The van der Waals surface area contributed by atoms with Gasteiger partial charge in [0.2, 0.25) is 5.78 Å². The lowest BCUT2D eigenvalue weighted by atomic mass is 10.1. The highest BCUT2D eigenvalue weighted by atomic mass is 35.5. The maximum Gasteiger partial charge on any atom is 0.309 e. The summed E-state index contributed by atoms with van der Waals surface area (Å²) in [5.41, 5.74) is 0.937. The molecule has 1 unspecified atom stereocenters. The first kappa shape index (κ1) is 17.1. The Morgan fingerprint density at radius 1 is 1.22 bits per heavy atom. The lowest BCUT2D eigenvalue weighted by Gasteiger charge is -2.06. The van der Waals surface area contributed by atoms with Crippen molar-refractivity contribution < 1.29 is 9.72 Å². The van der Waals surface area contributed by atoms with E-state index in [-0.39, 0.29) is 17.1 Å². The van der Waals surface area contributed by atoms with Crippen LogP contribution >= 0.6 is 23.2 Å². The highest BCUT2D eigenvalue weighted by Crippen LogP contribution is 2.22. The number of nitrogens with zero attached hydrogens (tertiary/aromatic N) is 2. The normalized spacial score (nSPS) is 12.3. The molecule has 2 aromatic rings. The largest absolute Gasteiger partial charge is 0.309 e. The molecule has 23 heavy (non-hydrogen) atoms. The Hall–Kier alpha value is -2.24. The number of carbonyl (C=O) groups excluding carboxylic acids is 1. The van der Waals surface area contributed by atoms with Crippen LogP contribution in [0.2, 0.25) is 10.0 Å². The lowest BCUT2D eigenvalue weighted by molar-refractivity contribution is -0.485. The van der Waals surface area contributed by atoms with Gasteiger partial charge in [0.05, 0.1) is 17.8 Å². The Balaban J connectivity index is 2.17. The van der Waals surface area contributed by atoms with E-state index in [1.165, 1.54) is 18.2 Å². The summed E-state index contributed by atoms with van der Waals surface area (Å²) in [6.07, 6.45) is 1.04. The molecule has 2 aromatic carbocycles. The Labute approximate surface area is 142 Å². The zero-order valence-electron chi connectivity index (χ0n) is 11.9. The van der Waals surface area contributed by atoms with Crippen LogP contribution in [0, 0.1) is 10.1 Å². The number of carbonyl (C=O) groups is 1. The summed E-state index contributed by atoms with van der Waals surface area (Å²) in [4.78, 5) is 26.8. The van der Waals surface area contributed by atoms with Gasteiger partial charge in [-0.2, -0.15) is 0 Å². The number of halogens is 2. The van der Waals surface area contributed by atoms with E-state index in [0.29, 0.717) is 5.02 Å². The van der Waals surface area contributed by atoms with Gasteiger partial charge in [0.25, 0.3) is 0 Å². The van der Waals surface area contributed by atoms with Gasteiger partial charge in [-0.1, -0.05) is 53.5 Å². The van der Waals surface area contributed by atoms with Crippen molar-refractivity contribution >= 4 is 35.2 Å². The molecule has 0 bridgehead atoms. The van der Waals surface area contributed by atoms with Crippen LogP contribution in [0.3, 0.4) is 0 Å². The van der Waals surface area contributed by atoms with E-state index in [1.807, 2.05) is 30.3 Å². The molecule has 5 nitrogen and oxygen atoms in total. The fourth-order valence-electron chi connectivity index (χ4n) is 1.91. The summed E-state index contributed by atoms with van der Waals surface area (Å²) >= 11 is 11.7. The maximum absolute atomic E-state index is 12.3. The molecule has 0 heterocycles. The number of ketones is 1. The molecule has 0 spiro atoms. The molecule has 7 heteroatoms. The molecular weight excluding hydrogens is 339 g/mol. The number of benzene rings is 2. The van der Waals surface area contributed by atoms with Crippen molar-refractivity contribution in [3.63, 3.8) is 0 Å². The van der Waals surface area contributed by atoms with E-state index < -0.39 is 16.7 Å². The van der Waals surface area contributed by atoms with Crippen molar-refractivity contribution in [2.45, 2.75) is 12.6 Å². The van der Waals surface area contributed by atoms with Crippen molar-refractivity contribution in [3.8, 4) is 0 Å². The molecule has 0 radical (unpaired) electrons. The second-order valence-electron chi connectivity index (χ2n) is 4.69. The summed E-state index contributed by atoms with van der Waals surface area (Å²) in [7, 11) is 0. The first-order valence-electron chi connectivity index (χ1n) is 6.65. The van der Waals surface area contributed by atoms with E-state index >= 15 is 0 Å². The minimum absolute atomic E-state index is 0.0453. The average molecular weight is 351 g/mol. The zero-order chi connectivity index (χ0) is 16.8. The smallest absolute Gasteiger partial charge is 0.286 e. The van der Waals surface area contributed by atoms with Crippen molar-refractivity contribution in [1.29, 1.82) is 0 Å². The molecule has 1 atom stereocenters. The summed E-state index contributed by atoms with van der Waals surface area (Å²) in [6.45, 7) is 0.257. The van der Waals surface area contributed by atoms with Crippen molar-refractivity contribution in [2.75, 3.05) is 0 Å². The summed E-state index contributed by atoms with van der Waals surface area (Å²) in [5, 5.41) is 11.6. The van der Waals surface area contributed by atoms with Crippen LogP contribution in [0.1, 0.15) is 15.9 Å². The molecular formula is C16H12Cl2N2O3. The second kappa shape index (κ2) is 7.85. The van der Waals surface area contributed by atoms with Crippen molar-refractivity contribution in [2.24, 2.45) is 4.99 Å². The van der Waals surface area contributed by atoms with Gasteiger partial charge in [-0.3, -0.25) is 19.9 Å². The van der Waals surface area contributed by atoms with Crippen LogP contribution in [0.15, 0.2) is 53.5 Å². The van der Waals surface area contributed by atoms with Gasteiger partial charge in [-0.15, -0.1) is 0 Å². The van der Waals surface area contributed by atoms with E-state index in [9.17, 15) is 14.9 Å². The third kappa shape index (κ3) is 4.61. The van der Waals surface area contributed by atoms with Gasteiger partial charge >= 0.3 is 6.04 Å². The Kier molecular flexibility index (Phi) is 5.84. The molecule has 0 aromatic heterocycles. The van der Waals surface area contributed by atoms with Crippen LogP contribution in [0.25, 0.3) is 0 Å². The number of nitro groups is 1. The Morgan fingerprint density at radius 3 is 2.52 bits per heavy atom. The van der Waals surface area contributed by atoms with E-state index in [4.69, 9.17) is 23.2 Å². The number of Topliss-reactive ketones (excluding diaryl/α,β-unsaturated/α-hetero) is 1. The fourth-order valence-corrected chi connectivity index (χ4v) is 2.41. The Bertz CT molecular complexity index is 748.